The Morgan fingerprint density at radius 2 is 2.17 bits per heavy atom. The Morgan fingerprint density at radius 3 is 2.83 bits per heavy atom. The smallest absolute Gasteiger partial charge is 0.335 e. The lowest BCUT2D eigenvalue weighted by atomic mass is 10.2. The Labute approximate surface area is 135 Å². The van der Waals surface area contributed by atoms with E-state index in [1.807, 2.05) is 5.43 Å². The van der Waals surface area contributed by atoms with Gasteiger partial charge in [-0.25, -0.2) is 19.6 Å². The summed E-state index contributed by atoms with van der Waals surface area (Å²) >= 11 is 0. The van der Waals surface area contributed by atoms with Crippen LogP contribution in [0.2, 0.25) is 0 Å². The number of nitrogens with zero attached hydrogens (tertiary/aromatic N) is 2. The van der Waals surface area contributed by atoms with Crippen molar-refractivity contribution in [3.63, 3.8) is 0 Å². The highest BCUT2D eigenvalue weighted by Gasteiger charge is 2.17. The van der Waals surface area contributed by atoms with Gasteiger partial charge >= 0.3 is 11.7 Å². The molecule has 0 unspecified atom stereocenters. The molecule has 10 heteroatoms. The van der Waals surface area contributed by atoms with E-state index in [1.54, 1.807) is 25.1 Å². The number of benzene rings is 1. The largest absolute Gasteiger partial charge is 0.493 e. The van der Waals surface area contributed by atoms with Gasteiger partial charge in [0.05, 0.1) is 18.5 Å². The van der Waals surface area contributed by atoms with Crippen molar-refractivity contribution < 1.29 is 14.6 Å². The maximum atomic E-state index is 12.1. The molecule has 126 valence electrons. The number of carbonyl (C=O) groups is 1. The summed E-state index contributed by atoms with van der Waals surface area (Å²) < 4.78 is 6.27. The molecule has 2 amide bonds. The van der Waals surface area contributed by atoms with Gasteiger partial charge in [0.1, 0.15) is 11.3 Å². The average molecular weight is 333 g/mol. The Hall–Kier alpha value is -3.56. The van der Waals surface area contributed by atoms with Crippen LogP contribution in [-0.2, 0) is 0 Å². The van der Waals surface area contributed by atoms with E-state index < -0.39 is 23.2 Å². The van der Waals surface area contributed by atoms with Crippen LogP contribution in [0.15, 0.2) is 39.0 Å². The molecule has 5 N–H and O–H groups in total. The standard InChI is InChI=1S/C14H15N5O5/c1-2-24-10-6-4-3-5-9(10)19-12(21)8(7-16-18-13(15)22)11(20)17-14(19)23/h3-7,21H,2H2,1H3,(H3,15,18,22)(H,17,20,23). The number of hydrazone groups is 1. The third kappa shape index (κ3) is 3.43. The van der Waals surface area contributed by atoms with Crippen molar-refractivity contribution in [1.82, 2.24) is 15.0 Å². The number of H-pyrrole nitrogens is 1. The highest BCUT2D eigenvalue weighted by atomic mass is 16.5. The van der Waals surface area contributed by atoms with E-state index in [2.05, 4.69) is 10.1 Å². The van der Waals surface area contributed by atoms with Crippen LogP contribution < -0.4 is 27.1 Å². The van der Waals surface area contributed by atoms with Crippen LogP contribution in [0.5, 0.6) is 11.6 Å². The molecule has 0 spiro atoms. The molecule has 0 aliphatic heterocycles. The first-order valence-electron chi connectivity index (χ1n) is 6.84. The van der Waals surface area contributed by atoms with Crippen LogP contribution in [0.25, 0.3) is 5.69 Å². The van der Waals surface area contributed by atoms with E-state index >= 15 is 0 Å². The van der Waals surface area contributed by atoms with Crippen molar-refractivity contribution in [2.45, 2.75) is 6.92 Å². The summed E-state index contributed by atoms with van der Waals surface area (Å²) in [4.78, 5) is 36.6. The first-order valence-corrected chi connectivity index (χ1v) is 6.84. The van der Waals surface area contributed by atoms with Gasteiger partial charge in [0.15, 0.2) is 0 Å². The van der Waals surface area contributed by atoms with Crippen molar-refractivity contribution in [2.24, 2.45) is 10.8 Å². The Balaban J connectivity index is 2.64. The zero-order valence-electron chi connectivity index (χ0n) is 12.6. The number of hydrogen-bond acceptors (Lipinski definition) is 6. The van der Waals surface area contributed by atoms with Crippen molar-refractivity contribution in [1.29, 1.82) is 0 Å². The molecule has 1 aromatic carbocycles. The molecule has 24 heavy (non-hydrogen) atoms. The molecule has 0 atom stereocenters. The molecule has 0 aliphatic carbocycles. The van der Waals surface area contributed by atoms with Crippen molar-refractivity contribution in [3.05, 3.63) is 50.7 Å². The Kier molecular flexibility index (Phi) is 5.00. The molecule has 0 bridgehead atoms. The summed E-state index contributed by atoms with van der Waals surface area (Å²) in [6.07, 6.45) is 0.873. The van der Waals surface area contributed by atoms with E-state index in [-0.39, 0.29) is 11.3 Å². The van der Waals surface area contributed by atoms with Gasteiger partial charge in [-0.2, -0.15) is 5.10 Å². The molecular weight excluding hydrogens is 318 g/mol. The molecule has 0 radical (unpaired) electrons. The first-order chi connectivity index (χ1) is 11.5. The second-order valence-corrected chi connectivity index (χ2v) is 4.47. The molecule has 10 nitrogen and oxygen atoms in total. The van der Waals surface area contributed by atoms with Gasteiger partial charge in [-0.05, 0) is 19.1 Å². The summed E-state index contributed by atoms with van der Waals surface area (Å²) in [6, 6.07) is 5.53. The van der Waals surface area contributed by atoms with Crippen LogP contribution in [0, 0.1) is 0 Å². The third-order valence-corrected chi connectivity index (χ3v) is 2.90. The fraction of sp³-hybridized carbons (Fsp3) is 0.143. The normalized spacial score (nSPS) is 10.7. The number of aromatic amines is 1. The lowest BCUT2D eigenvalue weighted by Gasteiger charge is -2.13. The van der Waals surface area contributed by atoms with Crippen LogP contribution in [0.3, 0.4) is 0 Å². The molecule has 2 rings (SSSR count). The second kappa shape index (κ2) is 7.13. The van der Waals surface area contributed by atoms with Gasteiger partial charge in [0.25, 0.3) is 5.56 Å². The lowest BCUT2D eigenvalue weighted by molar-refractivity contribution is 0.249. The number of urea groups is 1. The van der Waals surface area contributed by atoms with E-state index in [0.717, 1.165) is 10.8 Å². The SMILES string of the molecule is CCOc1ccccc1-n1c(O)c(C=NNC(N)=O)c(=O)[nH]c1=O. The fourth-order valence-corrected chi connectivity index (χ4v) is 1.96. The number of aromatic nitrogens is 2. The summed E-state index contributed by atoms with van der Waals surface area (Å²) in [7, 11) is 0. The monoisotopic (exact) mass is 333 g/mol. The second-order valence-electron chi connectivity index (χ2n) is 4.47. The lowest BCUT2D eigenvalue weighted by Crippen LogP contribution is -2.32. The summed E-state index contributed by atoms with van der Waals surface area (Å²) in [5, 5.41) is 13.7. The third-order valence-electron chi connectivity index (χ3n) is 2.90. The minimum absolute atomic E-state index is 0.232. The molecule has 1 aromatic heterocycles. The molecular formula is C14H15N5O5. The summed E-state index contributed by atoms with van der Waals surface area (Å²) in [5.41, 5.74) is 4.89. The van der Waals surface area contributed by atoms with E-state index in [1.165, 1.54) is 6.07 Å². The molecule has 1 heterocycles. The number of amides is 2. The van der Waals surface area contributed by atoms with Crippen molar-refractivity contribution in [3.8, 4) is 17.3 Å². The number of para-hydroxylation sites is 2. The minimum Gasteiger partial charge on any atom is -0.493 e. The van der Waals surface area contributed by atoms with Gasteiger partial charge < -0.3 is 15.6 Å². The summed E-state index contributed by atoms with van der Waals surface area (Å²) in [6.45, 7) is 2.10. The maximum absolute atomic E-state index is 12.1. The van der Waals surface area contributed by atoms with Gasteiger partial charge in [-0.3, -0.25) is 9.78 Å². The number of primary amides is 1. The highest BCUT2D eigenvalue weighted by molar-refractivity contribution is 5.83. The molecule has 2 aromatic rings. The highest BCUT2D eigenvalue weighted by Crippen LogP contribution is 2.24. The van der Waals surface area contributed by atoms with E-state index in [4.69, 9.17) is 10.5 Å². The van der Waals surface area contributed by atoms with Crippen LogP contribution in [0.4, 0.5) is 4.79 Å². The van der Waals surface area contributed by atoms with E-state index in [9.17, 15) is 19.5 Å². The Bertz CT molecular complexity index is 899. The van der Waals surface area contributed by atoms with Gasteiger partial charge in [0, 0.05) is 0 Å². The molecule has 0 saturated heterocycles. The van der Waals surface area contributed by atoms with Crippen LogP contribution in [0.1, 0.15) is 12.5 Å². The number of ether oxygens (including phenoxy) is 1. The maximum Gasteiger partial charge on any atom is 0.335 e. The van der Waals surface area contributed by atoms with E-state index in [0.29, 0.717) is 12.4 Å². The predicted molar refractivity (Wildman–Crippen MR) is 85.8 cm³/mol. The number of nitrogens with one attached hydrogen (secondary N) is 2. The van der Waals surface area contributed by atoms with Gasteiger partial charge in [-0.1, -0.05) is 12.1 Å². The number of carbonyl (C=O) groups excluding carboxylic acids is 1. The van der Waals surface area contributed by atoms with Gasteiger partial charge in [0.2, 0.25) is 5.88 Å². The average Bonchev–Trinajstić information content (AvgIpc) is 2.52. The molecule has 0 aliphatic rings. The van der Waals surface area contributed by atoms with Gasteiger partial charge in [-0.15, -0.1) is 0 Å². The molecule has 0 saturated carbocycles. The number of rotatable bonds is 5. The van der Waals surface area contributed by atoms with Crippen LogP contribution >= 0.6 is 0 Å². The predicted octanol–water partition coefficient (Wildman–Crippen LogP) is -0.368. The first kappa shape index (κ1) is 16.8. The number of hydrogen-bond donors (Lipinski definition) is 4. The van der Waals surface area contributed by atoms with Crippen molar-refractivity contribution >= 4 is 12.2 Å². The molecule has 0 fully saturated rings. The quantitative estimate of drug-likeness (QED) is 0.434. The number of aromatic hydroxyl groups is 1. The number of nitrogens with two attached hydrogens (primary N) is 1. The van der Waals surface area contributed by atoms with Crippen molar-refractivity contribution in [2.75, 3.05) is 6.61 Å². The van der Waals surface area contributed by atoms with Crippen LogP contribution in [-0.4, -0.2) is 33.5 Å². The fourth-order valence-electron chi connectivity index (χ4n) is 1.96. The topological polar surface area (TPSA) is 152 Å². The minimum atomic E-state index is -0.947. The zero-order valence-corrected chi connectivity index (χ0v) is 12.6. The zero-order chi connectivity index (χ0) is 17.7. The summed E-state index contributed by atoms with van der Waals surface area (Å²) in [5.74, 6) is -0.325. The Morgan fingerprint density at radius 1 is 1.46 bits per heavy atom.